The molecule has 4 heteroatoms. The van der Waals surface area contributed by atoms with E-state index in [1.807, 2.05) is 0 Å². The molecule has 0 aromatic heterocycles. The third-order valence-corrected chi connectivity index (χ3v) is 3.64. The number of rotatable bonds is 8. The molecule has 17 heavy (non-hydrogen) atoms. The monoisotopic (exact) mass is 240 g/mol. The molecule has 4 nitrogen and oxygen atoms in total. The highest BCUT2D eigenvalue weighted by Gasteiger charge is 2.38. The van der Waals surface area contributed by atoms with Gasteiger partial charge in [-0.05, 0) is 24.8 Å². The molecular weight excluding hydrogens is 216 g/mol. The van der Waals surface area contributed by atoms with Gasteiger partial charge < -0.3 is 15.4 Å². The molecule has 1 fully saturated rings. The summed E-state index contributed by atoms with van der Waals surface area (Å²) in [5.74, 6) is 0.173. The van der Waals surface area contributed by atoms with Gasteiger partial charge in [0.05, 0.1) is 6.61 Å². The van der Waals surface area contributed by atoms with Crippen LogP contribution in [0.15, 0.2) is 12.7 Å². The van der Waals surface area contributed by atoms with Gasteiger partial charge in [-0.2, -0.15) is 0 Å². The summed E-state index contributed by atoms with van der Waals surface area (Å²) in [5.41, 5.74) is 5.85. The van der Waals surface area contributed by atoms with Crippen LogP contribution in [0.5, 0.6) is 0 Å². The number of nitrogens with zero attached hydrogens (tertiary/aromatic N) is 1. The van der Waals surface area contributed by atoms with E-state index < -0.39 is 0 Å². The van der Waals surface area contributed by atoms with Gasteiger partial charge in [0.1, 0.15) is 0 Å². The summed E-state index contributed by atoms with van der Waals surface area (Å²) in [7, 11) is 1.64. The van der Waals surface area contributed by atoms with Crippen molar-refractivity contribution >= 4 is 5.91 Å². The Morgan fingerprint density at radius 1 is 1.59 bits per heavy atom. The van der Waals surface area contributed by atoms with Crippen LogP contribution in [-0.2, 0) is 9.53 Å². The van der Waals surface area contributed by atoms with Gasteiger partial charge in [0.25, 0.3) is 0 Å². The topological polar surface area (TPSA) is 55.6 Å². The van der Waals surface area contributed by atoms with Gasteiger partial charge in [-0.15, -0.1) is 6.58 Å². The lowest BCUT2D eigenvalue weighted by atomic mass is 9.66. The fraction of sp³-hybridized carbons (Fsp3) is 0.769. The molecule has 2 N–H and O–H groups in total. The fourth-order valence-corrected chi connectivity index (χ4v) is 2.24. The second-order valence-electron chi connectivity index (χ2n) is 4.86. The minimum Gasteiger partial charge on any atom is -0.383 e. The Morgan fingerprint density at radius 3 is 2.71 bits per heavy atom. The van der Waals surface area contributed by atoms with Crippen LogP contribution < -0.4 is 5.73 Å². The second-order valence-corrected chi connectivity index (χ2v) is 4.86. The van der Waals surface area contributed by atoms with E-state index in [0.717, 1.165) is 12.8 Å². The lowest BCUT2D eigenvalue weighted by molar-refractivity contribution is -0.135. The Kier molecular flexibility index (Phi) is 5.65. The zero-order chi connectivity index (χ0) is 12.7. The molecule has 1 saturated carbocycles. The zero-order valence-corrected chi connectivity index (χ0v) is 10.8. The van der Waals surface area contributed by atoms with Crippen LogP contribution in [0.1, 0.15) is 25.7 Å². The average Bonchev–Trinajstić information content (AvgIpc) is 2.29. The largest absolute Gasteiger partial charge is 0.383 e. The zero-order valence-electron chi connectivity index (χ0n) is 10.8. The standard InChI is InChI=1S/C13H24N2O2/c1-3-7-15(8-9-17-2)12(16)10-13(11-14)5-4-6-13/h3H,1,4-11,14H2,2H3. The molecule has 0 radical (unpaired) electrons. The van der Waals surface area contributed by atoms with Crippen molar-refractivity contribution in [3.63, 3.8) is 0 Å². The SMILES string of the molecule is C=CCN(CCOC)C(=O)CC1(CN)CCC1. The maximum Gasteiger partial charge on any atom is 0.223 e. The normalized spacial score (nSPS) is 17.3. The van der Waals surface area contributed by atoms with Gasteiger partial charge >= 0.3 is 0 Å². The average molecular weight is 240 g/mol. The Hall–Kier alpha value is -0.870. The van der Waals surface area contributed by atoms with Gasteiger partial charge in [0.15, 0.2) is 0 Å². The quantitative estimate of drug-likeness (QED) is 0.648. The highest BCUT2D eigenvalue weighted by molar-refractivity contribution is 5.77. The van der Waals surface area contributed by atoms with Crippen LogP contribution in [0.3, 0.4) is 0 Å². The smallest absolute Gasteiger partial charge is 0.223 e. The molecule has 98 valence electrons. The second kappa shape index (κ2) is 6.77. The van der Waals surface area contributed by atoms with Gasteiger partial charge in [0.2, 0.25) is 5.91 Å². The number of nitrogens with two attached hydrogens (primary N) is 1. The van der Waals surface area contributed by atoms with Crippen molar-refractivity contribution in [2.45, 2.75) is 25.7 Å². The Balaban J connectivity index is 2.48. The molecule has 1 aliphatic rings. The maximum absolute atomic E-state index is 12.2. The van der Waals surface area contributed by atoms with Crippen molar-refractivity contribution in [3.05, 3.63) is 12.7 Å². The number of carbonyl (C=O) groups is 1. The first-order valence-corrected chi connectivity index (χ1v) is 6.25. The molecule has 0 heterocycles. The summed E-state index contributed by atoms with van der Waals surface area (Å²) in [6.07, 6.45) is 5.69. The lowest BCUT2D eigenvalue weighted by Crippen LogP contribution is -2.44. The molecule has 0 atom stereocenters. The lowest BCUT2D eigenvalue weighted by Gasteiger charge is -2.41. The Morgan fingerprint density at radius 2 is 2.29 bits per heavy atom. The van der Waals surface area contributed by atoms with Crippen molar-refractivity contribution in [1.29, 1.82) is 0 Å². The molecule has 1 rings (SSSR count). The van der Waals surface area contributed by atoms with Crippen molar-refractivity contribution in [3.8, 4) is 0 Å². The maximum atomic E-state index is 12.2. The molecule has 1 amide bonds. The molecule has 0 aromatic carbocycles. The van der Waals surface area contributed by atoms with E-state index in [-0.39, 0.29) is 11.3 Å². The van der Waals surface area contributed by atoms with E-state index in [1.165, 1.54) is 6.42 Å². The highest BCUT2D eigenvalue weighted by atomic mass is 16.5. The van der Waals surface area contributed by atoms with E-state index in [4.69, 9.17) is 10.5 Å². The van der Waals surface area contributed by atoms with Crippen LogP contribution in [0, 0.1) is 5.41 Å². The van der Waals surface area contributed by atoms with E-state index in [0.29, 0.717) is 32.7 Å². The predicted octanol–water partition coefficient (Wildman–Crippen LogP) is 1.17. The van der Waals surface area contributed by atoms with Crippen molar-refractivity contribution < 1.29 is 9.53 Å². The molecule has 0 aliphatic heterocycles. The molecule has 0 saturated heterocycles. The van der Waals surface area contributed by atoms with Crippen molar-refractivity contribution in [1.82, 2.24) is 4.90 Å². The molecule has 1 aliphatic carbocycles. The van der Waals surface area contributed by atoms with Gasteiger partial charge in [-0.3, -0.25) is 4.79 Å². The first kappa shape index (κ1) is 14.2. The number of carbonyl (C=O) groups excluding carboxylic acids is 1. The molecule has 0 unspecified atom stereocenters. The number of hydrogen-bond acceptors (Lipinski definition) is 3. The minimum atomic E-state index is 0.0730. The fourth-order valence-electron chi connectivity index (χ4n) is 2.24. The van der Waals surface area contributed by atoms with E-state index >= 15 is 0 Å². The highest BCUT2D eigenvalue weighted by Crippen LogP contribution is 2.43. The predicted molar refractivity (Wildman–Crippen MR) is 68.6 cm³/mol. The van der Waals surface area contributed by atoms with Crippen molar-refractivity contribution in [2.75, 3.05) is 33.4 Å². The van der Waals surface area contributed by atoms with Crippen molar-refractivity contribution in [2.24, 2.45) is 11.1 Å². The van der Waals surface area contributed by atoms with E-state index in [9.17, 15) is 4.79 Å². The molecular formula is C13H24N2O2. The van der Waals surface area contributed by atoms with E-state index in [1.54, 1.807) is 18.1 Å². The summed E-state index contributed by atoms with van der Waals surface area (Å²) in [6, 6.07) is 0. The van der Waals surface area contributed by atoms with Crippen LogP contribution in [-0.4, -0.2) is 44.2 Å². The number of ether oxygens (including phenoxy) is 1. The van der Waals surface area contributed by atoms with Gasteiger partial charge in [-0.1, -0.05) is 12.5 Å². The van der Waals surface area contributed by atoms with E-state index in [2.05, 4.69) is 6.58 Å². The number of methoxy groups -OCH3 is 1. The Labute approximate surface area is 104 Å². The summed E-state index contributed by atoms with van der Waals surface area (Å²) >= 11 is 0. The van der Waals surface area contributed by atoms with Gasteiger partial charge in [0, 0.05) is 26.6 Å². The summed E-state index contributed by atoms with van der Waals surface area (Å²) in [4.78, 5) is 14.0. The van der Waals surface area contributed by atoms with Crippen LogP contribution in [0.2, 0.25) is 0 Å². The molecule has 0 bridgehead atoms. The van der Waals surface area contributed by atoms with Crippen LogP contribution in [0.25, 0.3) is 0 Å². The molecule has 0 spiro atoms. The Bertz CT molecular complexity index is 257. The summed E-state index contributed by atoms with van der Waals surface area (Å²) in [5, 5.41) is 0. The van der Waals surface area contributed by atoms with Crippen LogP contribution in [0.4, 0.5) is 0 Å². The first-order chi connectivity index (χ1) is 8.17. The van der Waals surface area contributed by atoms with Gasteiger partial charge in [-0.25, -0.2) is 0 Å². The minimum absolute atomic E-state index is 0.0730. The molecule has 0 aromatic rings. The summed E-state index contributed by atoms with van der Waals surface area (Å²) in [6.45, 7) is 6.08. The summed E-state index contributed by atoms with van der Waals surface area (Å²) < 4.78 is 5.01. The number of hydrogen-bond donors (Lipinski definition) is 1. The third-order valence-electron chi connectivity index (χ3n) is 3.64. The first-order valence-electron chi connectivity index (χ1n) is 6.25. The third kappa shape index (κ3) is 3.82. The number of amides is 1. The van der Waals surface area contributed by atoms with Crippen LogP contribution >= 0.6 is 0 Å².